The molecule has 0 fully saturated rings. The van der Waals surface area contributed by atoms with E-state index in [1.54, 1.807) is 18.2 Å². The summed E-state index contributed by atoms with van der Waals surface area (Å²) in [7, 11) is -2.71. The number of benzene rings is 3. The summed E-state index contributed by atoms with van der Waals surface area (Å²) in [6.45, 7) is 0. The first-order valence-corrected chi connectivity index (χ1v) is 10.0. The molecule has 1 amide bonds. The third-order valence-electron chi connectivity index (χ3n) is 4.01. The molecular formula is C20H16N3O6S-. The minimum atomic E-state index is -4.12. The molecule has 1 N–H and O–H groups in total. The Morgan fingerprint density at radius 1 is 1.03 bits per heavy atom. The monoisotopic (exact) mass is 426 g/mol. The van der Waals surface area contributed by atoms with Crippen molar-refractivity contribution in [1.29, 1.82) is 0 Å². The van der Waals surface area contributed by atoms with E-state index in [-0.39, 0.29) is 27.5 Å². The van der Waals surface area contributed by atoms with Crippen LogP contribution in [0.3, 0.4) is 0 Å². The van der Waals surface area contributed by atoms with Gasteiger partial charge in [0.2, 0.25) is 0 Å². The number of non-ortho nitro benzene ring substituents is 1. The first-order valence-electron chi connectivity index (χ1n) is 8.57. The third kappa shape index (κ3) is 4.73. The van der Waals surface area contributed by atoms with Crippen LogP contribution in [0.25, 0.3) is 4.72 Å². The molecule has 0 aliphatic rings. The van der Waals surface area contributed by atoms with Crippen LogP contribution in [0.15, 0.2) is 77.7 Å². The highest BCUT2D eigenvalue weighted by atomic mass is 32.2. The zero-order valence-electron chi connectivity index (χ0n) is 15.7. The molecule has 0 atom stereocenters. The summed E-state index contributed by atoms with van der Waals surface area (Å²) in [5.74, 6) is -0.328. The topological polar surface area (TPSA) is 130 Å². The average Bonchev–Trinajstić information content (AvgIpc) is 2.74. The van der Waals surface area contributed by atoms with Gasteiger partial charge in [0.1, 0.15) is 15.8 Å². The number of sulfonamides is 1. The van der Waals surface area contributed by atoms with Crippen LogP contribution in [0.1, 0.15) is 10.4 Å². The molecule has 3 aromatic carbocycles. The number of nitrogens with zero attached hydrogens (tertiary/aromatic N) is 2. The second kappa shape index (κ2) is 8.62. The number of hydrogen-bond acceptors (Lipinski definition) is 6. The minimum absolute atomic E-state index is 0.0535. The Morgan fingerprint density at radius 3 is 2.50 bits per heavy atom. The van der Waals surface area contributed by atoms with Crippen LogP contribution in [0.2, 0.25) is 0 Å². The van der Waals surface area contributed by atoms with Crippen LogP contribution < -0.4 is 10.1 Å². The van der Waals surface area contributed by atoms with Gasteiger partial charge in [0, 0.05) is 23.4 Å². The lowest BCUT2D eigenvalue weighted by Gasteiger charge is -2.24. The van der Waals surface area contributed by atoms with Crippen molar-refractivity contribution in [3.63, 3.8) is 0 Å². The van der Waals surface area contributed by atoms with Gasteiger partial charge in [-0.2, -0.15) is 0 Å². The maximum absolute atomic E-state index is 12.7. The van der Waals surface area contributed by atoms with E-state index >= 15 is 0 Å². The van der Waals surface area contributed by atoms with E-state index in [0.29, 0.717) is 5.75 Å². The van der Waals surface area contributed by atoms with Crippen molar-refractivity contribution >= 4 is 33.0 Å². The van der Waals surface area contributed by atoms with Crippen molar-refractivity contribution in [2.75, 3.05) is 12.4 Å². The first kappa shape index (κ1) is 20.8. The second-order valence-corrected chi connectivity index (χ2v) is 7.63. The minimum Gasteiger partial charge on any atom is -0.570 e. The normalized spacial score (nSPS) is 10.8. The van der Waals surface area contributed by atoms with E-state index < -0.39 is 20.9 Å². The summed E-state index contributed by atoms with van der Waals surface area (Å²) in [6, 6.07) is 17.1. The molecule has 9 nitrogen and oxygen atoms in total. The number of nitro benzene ring substituents is 1. The van der Waals surface area contributed by atoms with Crippen molar-refractivity contribution < 1.29 is 22.9 Å². The molecule has 0 heterocycles. The van der Waals surface area contributed by atoms with E-state index in [1.165, 1.54) is 61.7 Å². The lowest BCUT2D eigenvalue weighted by atomic mass is 10.2. The zero-order valence-corrected chi connectivity index (χ0v) is 16.5. The number of para-hydroxylation sites is 1. The van der Waals surface area contributed by atoms with Crippen molar-refractivity contribution in [3.8, 4) is 5.75 Å². The van der Waals surface area contributed by atoms with Crippen LogP contribution in [0, 0.1) is 10.1 Å². The Labute approximate surface area is 172 Å². The fourth-order valence-electron chi connectivity index (χ4n) is 2.59. The smallest absolute Gasteiger partial charge is 0.271 e. The molecule has 10 heteroatoms. The van der Waals surface area contributed by atoms with Crippen LogP contribution in [0.4, 0.5) is 17.1 Å². The molecule has 0 unspecified atom stereocenters. The Bertz CT molecular complexity index is 1210. The highest BCUT2D eigenvalue weighted by Gasteiger charge is 2.13. The molecular weight excluding hydrogens is 410 g/mol. The quantitative estimate of drug-likeness (QED) is 0.444. The summed E-state index contributed by atoms with van der Waals surface area (Å²) in [5, 5.41) is 13.4. The highest BCUT2D eigenvalue weighted by molar-refractivity contribution is 7.94. The maximum atomic E-state index is 12.7. The molecule has 0 aliphatic carbocycles. The average molecular weight is 426 g/mol. The number of carbonyl (C=O) groups is 1. The molecule has 3 rings (SSSR count). The summed E-state index contributed by atoms with van der Waals surface area (Å²) in [5.41, 5.74) is 0.213. The van der Waals surface area contributed by atoms with Gasteiger partial charge in [-0.15, -0.1) is 0 Å². The SMILES string of the molecule is COc1ccccc1[N-]S(=O)(=O)c1cccc(C(=O)Nc2cccc([N+](=O)[O-])c2)c1. The van der Waals surface area contributed by atoms with Gasteiger partial charge in [0.25, 0.3) is 11.6 Å². The van der Waals surface area contributed by atoms with Crippen LogP contribution in [-0.4, -0.2) is 26.4 Å². The molecule has 0 aromatic heterocycles. The molecule has 3 aromatic rings. The number of hydrogen-bond donors (Lipinski definition) is 1. The summed E-state index contributed by atoms with van der Waals surface area (Å²) in [6.07, 6.45) is 0. The number of anilines is 1. The van der Waals surface area contributed by atoms with Gasteiger partial charge in [0.05, 0.1) is 16.9 Å². The summed E-state index contributed by atoms with van der Waals surface area (Å²) >= 11 is 0. The number of methoxy groups -OCH3 is 1. The number of nitro groups is 1. The molecule has 154 valence electrons. The molecule has 0 radical (unpaired) electrons. The predicted octanol–water partition coefficient (Wildman–Crippen LogP) is 4.25. The molecule has 0 aliphatic heterocycles. The van der Waals surface area contributed by atoms with Crippen LogP contribution in [0.5, 0.6) is 5.75 Å². The van der Waals surface area contributed by atoms with E-state index in [0.717, 1.165) is 0 Å². The lowest BCUT2D eigenvalue weighted by Crippen LogP contribution is -2.12. The van der Waals surface area contributed by atoms with Crippen molar-refractivity contribution in [3.05, 3.63) is 93.2 Å². The highest BCUT2D eigenvalue weighted by Crippen LogP contribution is 2.35. The third-order valence-corrected chi connectivity index (χ3v) is 5.30. The molecule has 0 bridgehead atoms. The number of amides is 1. The standard InChI is InChI=1S/C20H16N3O6S/c1-29-19-11-3-2-10-18(19)22-30(27,28)17-9-4-6-14(12-17)20(24)21-15-7-5-8-16(13-15)23(25)26/h2-13H,1H3,(H,21,24)/q-1. The predicted molar refractivity (Wildman–Crippen MR) is 111 cm³/mol. The van der Waals surface area contributed by atoms with Crippen molar-refractivity contribution in [2.45, 2.75) is 4.90 Å². The Hall–Kier alpha value is -3.92. The Morgan fingerprint density at radius 2 is 1.77 bits per heavy atom. The maximum Gasteiger partial charge on any atom is 0.271 e. The molecule has 0 saturated carbocycles. The Balaban J connectivity index is 1.84. The molecule has 30 heavy (non-hydrogen) atoms. The van der Waals surface area contributed by atoms with Gasteiger partial charge in [-0.1, -0.05) is 36.0 Å². The zero-order chi connectivity index (χ0) is 21.7. The fraction of sp³-hybridized carbons (Fsp3) is 0.0500. The Kier molecular flexibility index (Phi) is 5.98. The van der Waals surface area contributed by atoms with Crippen molar-refractivity contribution in [1.82, 2.24) is 0 Å². The van der Waals surface area contributed by atoms with Gasteiger partial charge in [0.15, 0.2) is 0 Å². The largest absolute Gasteiger partial charge is 0.570 e. The van der Waals surface area contributed by atoms with Gasteiger partial charge >= 0.3 is 0 Å². The van der Waals surface area contributed by atoms with Crippen LogP contribution >= 0.6 is 0 Å². The van der Waals surface area contributed by atoms with Gasteiger partial charge in [-0.3, -0.25) is 14.9 Å². The first-order chi connectivity index (χ1) is 14.3. The molecule has 0 spiro atoms. The van der Waals surface area contributed by atoms with E-state index in [4.69, 9.17) is 4.74 Å². The summed E-state index contributed by atoms with van der Waals surface area (Å²) < 4.78 is 34.3. The summed E-state index contributed by atoms with van der Waals surface area (Å²) in [4.78, 5) is 22.6. The number of nitrogens with one attached hydrogen (secondary N) is 1. The lowest BCUT2D eigenvalue weighted by molar-refractivity contribution is -0.384. The second-order valence-electron chi connectivity index (χ2n) is 6.03. The van der Waals surface area contributed by atoms with Gasteiger partial charge in [-0.05, 0) is 30.3 Å². The number of rotatable bonds is 7. The molecule has 0 saturated heterocycles. The van der Waals surface area contributed by atoms with Gasteiger partial charge < -0.3 is 14.8 Å². The van der Waals surface area contributed by atoms with E-state index in [1.807, 2.05) is 0 Å². The van der Waals surface area contributed by atoms with Crippen LogP contribution in [-0.2, 0) is 10.0 Å². The number of carbonyl (C=O) groups excluding carboxylic acids is 1. The van der Waals surface area contributed by atoms with Crippen molar-refractivity contribution in [2.24, 2.45) is 0 Å². The van der Waals surface area contributed by atoms with E-state index in [9.17, 15) is 23.3 Å². The fourth-order valence-corrected chi connectivity index (χ4v) is 3.63. The van der Waals surface area contributed by atoms with Gasteiger partial charge in [-0.25, -0.2) is 8.42 Å². The number of ether oxygens (including phenoxy) is 1. The van der Waals surface area contributed by atoms with E-state index in [2.05, 4.69) is 10.0 Å².